The van der Waals surface area contributed by atoms with Gasteiger partial charge in [-0.25, -0.2) is 19.9 Å². The van der Waals surface area contributed by atoms with Gasteiger partial charge in [0.15, 0.2) is 5.82 Å². The molecule has 4 heterocycles. The van der Waals surface area contributed by atoms with Gasteiger partial charge in [-0.2, -0.15) is 0 Å². The summed E-state index contributed by atoms with van der Waals surface area (Å²) < 4.78 is 0. The minimum Gasteiger partial charge on any atom is -0.363 e. The van der Waals surface area contributed by atoms with E-state index >= 15 is 0 Å². The van der Waals surface area contributed by atoms with Gasteiger partial charge in [-0.15, -0.1) is 0 Å². The second kappa shape index (κ2) is 8.90. The minimum atomic E-state index is -0.0453. The minimum absolute atomic E-state index is 0.0453. The number of carbonyl (C=O) groups excluding carboxylic acids is 1. The van der Waals surface area contributed by atoms with Crippen molar-refractivity contribution in [3.63, 3.8) is 0 Å². The third kappa shape index (κ3) is 4.12. The molecule has 32 heavy (non-hydrogen) atoms. The van der Waals surface area contributed by atoms with Crippen LogP contribution in [0.25, 0.3) is 5.57 Å². The number of allylic oxidation sites excluding steroid dienone is 2. The number of likely N-dealkylation sites (tertiary alicyclic amines) is 1. The van der Waals surface area contributed by atoms with E-state index in [1.165, 1.54) is 0 Å². The van der Waals surface area contributed by atoms with Crippen LogP contribution in [0.2, 0.25) is 0 Å². The second-order valence-corrected chi connectivity index (χ2v) is 8.47. The highest BCUT2D eigenvalue weighted by Gasteiger charge is 2.42. The summed E-state index contributed by atoms with van der Waals surface area (Å²) in [5.74, 6) is 3.87. The Hall–Kier alpha value is -3.55. The van der Waals surface area contributed by atoms with E-state index in [-0.39, 0.29) is 5.91 Å². The van der Waals surface area contributed by atoms with Crippen LogP contribution in [-0.2, 0) is 4.79 Å². The summed E-state index contributed by atoms with van der Waals surface area (Å²) in [6, 6.07) is 3.78. The van der Waals surface area contributed by atoms with Crippen LogP contribution >= 0.6 is 0 Å². The Bertz CT molecular complexity index is 1050. The molecule has 2 aromatic heterocycles. The van der Waals surface area contributed by atoms with E-state index in [9.17, 15) is 4.79 Å². The summed E-state index contributed by atoms with van der Waals surface area (Å²) in [5, 5.41) is 0. The quantitative estimate of drug-likeness (QED) is 0.513. The van der Waals surface area contributed by atoms with Crippen LogP contribution in [0, 0.1) is 18.8 Å². The molecular formula is C24H29N7O. The summed E-state index contributed by atoms with van der Waals surface area (Å²) in [7, 11) is 3.97. The maximum Gasteiger partial charge on any atom is 0.254 e. The molecule has 2 aliphatic heterocycles. The smallest absolute Gasteiger partial charge is 0.254 e. The fraction of sp³-hybridized carbons (Fsp3) is 0.375. The Balaban J connectivity index is 1.50. The summed E-state index contributed by atoms with van der Waals surface area (Å²) in [5.41, 5.74) is 1.10. The third-order valence-electron chi connectivity index (χ3n) is 6.10. The Kier molecular flexibility index (Phi) is 6.03. The van der Waals surface area contributed by atoms with Crippen LogP contribution in [-0.4, -0.2) is 71.0 Å². The molecular weight excluding hydrogens is 402 g/mol. The highest BCUT2D eigenvalue weighted by molar-refractivity contribution is 6.05. The lowest BCUT2D eigenvalue weighted by molar-refractivity contribution is -0.126. The molecule has 2 saturated heterocycles. The van der Waals surface area contributed by atoms with Crippen molar-refractivity contribution in [1.29, 1.82) is 0 Å². The summed E-state index contributed by atoms with van der Waals surface area (Å²) in [6.07, 6.45) is 6.52. The highest BCUT2D eigenvalue weighted by Crippen LogP contribution is 2.35. The van der Waals surface area contributed by atoms with Crippen molar-refractivity contribution in [3.05, 3.63) is 67.1 Å². The number of nitrogens with zero attached hydrogens (tertiary/aromatic N) is 7. The Morgan fingerprint density at radius 2 is 1.72 bits per heavy atom. The maximum absolute atomic E-state index is 13.4. The number of aromatic nitrogens is 4. The zero-order chi connectivity index (χ0) is 22.8. The van der Waals surface area contributed by atoms with Crippen molar-refractivity contribution >= 4 is 23.1 Å². The maximum atomic E-state index is 13.4. The summed E-state index contributed by atoms with van der Waals surface area (Å²) in [6.45, 7) is 12.8. The molecule has 0 radical (unpaired) electrons. The molecule has 0 aliphatic carbocycles. The molecule has 2 fully saturated rings. The molecule has 2 aromatic rings. The number of anilines is 2. The Labute approximate surface area is 189 Å². The van der Waals surface area contributed by atoms with Crippen LogP contribution < -0.4 is 9.80 Å². The van der Waals surface area contributed by atoms with Crippen LogP contribution in [0.5, 0.6) is 0 Å². The summed E-state index contributed by atoms with van der Waals surface area (Å²) in [4.78, 5) is 37.3. The van der Waals surface area contributed by atoms with Gasteiger partial charge in [0, 0.05) is 81.7 Å². The normalized spacial score (nSPS) is 20.6. The molecule has 8 nitrogen and oxygen atoms in total. The molecule has 0 spiro atoms. The second-order valence-electron chi connectivity index (χ2n) is 8.47. The molecule has 2 atom stereocenters. The molecule has 2 aliphatic rings. The first-order valence-corrected chi connectivity index (χ1v) is 10.7. The van der Waals surface area contributed by atoms with Crippen molar-refractivity contribution in [1.82, 2.24) is 24.8 Å². The zero-order valence-corrected chi connectivity index (χ0v) is 18.9. The van der Waals surface area contributed by atoms with Gasteiger partial charge in [-0.3, -0.25) is 4.79 Å². The average Bonchev–Trinajstić information content (AvgIpc) is 3.36. The van der Waals surface area contributed by atoms with Gasteiger partial charge in [0.1, 0.15) is 17.5 Å². The van der Waals surface area contributed by atoms with Crippen molar-refractivity contribution < 1.29 is 4.79 Å². The van der Waals surface area contributed by atoms with Gasteiger partial charge in [-0.05, 0) is 13.0 Å². The number of amides is 1. The predicted molar refractivity (Wildman–Crippen MR) is 126 cm³/mol. The van der Waals surface area contributed by atoms with E-state index in [1.807, 2.05) is 36.9 Å². The first kappa shape index (κ1) is 21.7. The fourth-order valence-electron chi connectivity index (χ4n) is 4.52. The van der Waals surface area contributed by atoms with Gasteiger partial charge < -0.3 is 14.7 Å². The van der Waals surface area contributed by atoms with E-state index in [0.717, 1.165) is 30.5 Å². The van der Waals surface area contributed by atoms with Crippen molar-refractivity contribution in [3.8, 4) is 0 Å². The van der Waals surface area contributed by atoms with Crippen molar-refractivity contribution in [2.24, 2.45) is 11.8 Å². The predicted octanol–water partition coefficient (Wildman–Crippen LogP) is 2.36. The van der Waals surface area contributed by atoms with Crippen LogP contribution in [0.1, 0.15) is 11.6 Å². The van der Waals surface area contributed by atoms with Gasteiger partial charge >= 0.3 is 0 Å². The lowest BCUT2D eigenvalue weighted by Gasteiger charge is -2.24. The molecule has 8 heteroatoms. The van der Waals surface area contributed by atoms with Crippen LogP contribution in [0.4, 0.5) is 11.6 Å². The van der Waals surface area contributed by atoms with Crippen LogP contribution in [0.3, 0.4) is 0 Å². The number of aryl methyl sites for hydroxylation is 1. The summed E-state index contributed by atoms with van der Waals surface area (Å²) >= 11 is 0. The monoisotopic (exact) mass is 431 g/mol. The average molecular weight is 432 g/mol. The molecule has 0 saturated carbocycles. The molecule has 0 bridgehead atoms. The topological polar surface area (TPSA) is 78.4 Å². The number of carbonyl (C=O) groups is 1. The molecule has 0 aromatic carbocycles. The van der Waals surface area contributed by atoms with E-state index in [4.69, 9.17) is 0 Å². The van der Waals surface area contributed by atoms with E-state index in [2.05, 4.69) is 38.0 Å². The number of rotatable bonds is 6. The van der Waals surface area contributed by atoms with E-state index < -0.39 is 0 Å². The molecule has 1 amide bonds. The lowest BCUT2D eigenvalue weighted by Crippen LogP contribution is -2.34. The van der Waals surface area contributed by atoms with Crippen molar-refractivity contribution in [2.75, 3.05) is 50.1 Å². The first-order valence-electron chi connectivity index (χ1n) is 10.7. The number of hydrogen-bond acceptors (Lipinski definition) is 7. The largest absolute Gasteiger partial charge is 0.363 e. The Morgan fingerprint density at radius 3 is 2.28 bits per heavy atom. The van der Waals surface area contributed by atoms with Crippen LogP contribution in [0.15, 0.2) is 55.4 Å². The number of hydrogen-bond donors (Lipinski definition) is 0. The standard InChI is InChI=1S/C24H29N7O/c1-6-19(23-25-9-8-10-26-23)20(7-2)24(32)31-14-17-12-30(13-18(17)15-31)22-11-21(29(4)5)27-16(3)28-22/h6-11,17-18H,1-2,12-15H2,3-5H3. The SMILES string of the molecule is C=CC(C(=O)N1CC2CN(c3cc(N(C)C)nc(C)n3)CC2C1)=C(C=C)c1ncccn1. The molecule has 0 N–H and O–H groups in total. The lowest BCUT2D eigenvalue weighted by atomic mass is 10.0. The third-order valence-corrected chi connectivity index (χ3v) is 6.10. The fourth-order valence-corrected chi connectivity index (χ4v) is 4.52. The van der Waals surface area contributed by atoms with E-state index in [1.54, 1.807) is 30.6 Å². The van der Waals surface area contributed by atoms with Gasteiger partial charge in [0.2, 0.25) is 0 Å². The first-order chi connectivity index (χ1) is 15.4. The molecule has 2 unspecified atom stereocenters. The molecule has 166 valence electrons. The van der Waals surface area contributed by atoms with Gasteiger partial charge in [0.25, 0.3) is 5.91 Å². The Morgan fingerprint density at radius 1 is 1.06 bits per heavy atom. The highest BCUT2D eigenvalue weighted by atomic mass is 16.2. The van der Waals surface area contributed by atoms with Gasteiger partial charge in [-0.1, -0.05) is 25.3 Å². The van der Waals surface area contributed by atoms with E-state index in [0.29, 0.717) is 41.9 Å². The van der Waals surface area contributed by atoms with Gasteiger partial charge in [0.05, 0.1) is 0 Å². The zero-order valence-electron chi connectivity index (χ0n) is 18.9. The molecule has 4 rings (SSSR count). The number of fused-ring (bicyclic) bond motifs is 1. The van der Waals surface area contributed by atoms with Crippen molar-refractivity contribution in [2.45, 2.75) is 6.92 Å².